The molecule has 0 aliphatic carbocycles. The maximum atomic E-state index is 12.7. The molecular weight excluding hydrogens is 488 g/mol. The van der Waals surface area contributed by atoms with Crippen molar-refractivity contribution < 1.29 is 19.0 Å². The maximum Gasteiger partial charge on any atom is 0.268 e. The number of anilines is 1. The van der Waals surface area contributed by atoms with Crippen molar-refractivity contribution in [2.24, 2.45) is 5.92 Å². The molecule has 0 aliphatic heterocycles. The minimum atomic E-state index is -0.545. The fraction of sp³-hybridized carbons (Fsp3) is 0.357. The van der Waals surface area contributed by atoms with Crippen LogP contribution in [0.4, 0.5) is 5.13 Å². The minimum Gasteiger partial charge on any atom is -0.490 e. The molecule has 0 saturated carbocycles. The molecule has 2 aromatic carbocycles. The van der Waals surface area contributed by atoms with Crippen LogP contribution in [0.15, 0.2) is 42.0 Å². The van der Waals surface area contributed by atoms with Gasteiger partial charge in [-0.25, -0.2) is 0 Å². The summed E-state index contributed by atoms with van der Waals surface area (Å²) >= 11 is 1.31. The van der Waals surface area contributed by atoms with Crippen LogP contribution in [-0.2, 0) is 11.2 Å². The van der Waals surface area contributed by atoms with Gasteiger partial charge in [-0.3, -0.25) is 10.1 Å². The van der Waals surface area contributed by atoms with Crippen LogP contribution in [0.25, 0.3) is 6.08 Å². The van der Waals surface area contributed by atoms with Gasteiger partial charge in [0.2, 0.25) is 5.13 Å². The highest BCUT2D eigenvalue weighted by Gasteiger charge is 2.14. The number of carbonyl (C=O) groups excluding carboxylic acids is 1. The van der Waals surface area contributed by atoms with E-state index in [0.29, 0.717) is 47.9 Å². The summed E-state index contributed by atoms with van der Waals surface area (Å²) in [5.74, 6) is 1.76. The first-order valence-electron chi connectivity index (χ1n) is 12.1. The summed E-state index contributed by atoms with van der Waals surface area (Å²) < 4.78 is 17.4. The van der Waals surface area contributed by atoms with Crippen LogP contribution in [0.3, 0.4) is 0 Å². The number of aromatic nitrogens is 2. The maximum absolute atomic E-state index is 12.7. The van der Waals surface area contributed by atoms with Crippen molar-refractivity contribution in [1.29, 1.82) is 5.26 Å². The summed E-state index contributed by atoms with van der Waals surface area (Å²) in [5, 5.41) is 21.5. The van der Waals surface area contributed by atoms with Gasteiger partial charge in [-0.2, -0.15) is 5.26 Å². The predicted molar refractivity (Wildman–Crippen MR) is 145 cm³/mol. The number of amides is 1. The lowest BCUT2D eigenvalue weighted by atomic mass is 10.1. The molecule has 1 amide bonds. The van der Waals surface area contributed by atoms with E-state index in [9.17, 15) is 10.1 Å². The molecule has 3 aromatic rings. The Morgan fingerprint density at radius 3 is 2.46 bits per heavy atom. The topological polar surface area (TPSA) is 106 Å². The molecule has 0 atom stereocenters. The fourth-order valence-electron chi connectivity index (χ4n) is 3.54. The first kappa shape index (κ1) is 27.7. The quantitative estimate of drug-likeness (QED) is 0.184. The molecule has 8 nitrogen and oxygen atoms in total. The summed E-state index contributed by atoms with van der Waals surface area (Å²) in [6.45, 7) is 11.2. The van der Waals surface area contributed by atoms with Gasteiger partial charge in [0.15, 0.2) is 11.5 Å². The molecule has 0 aliphatic rings. The van der Waals surface area contributed by atoms with Gasteiger partial charge in [-0.1, -0.05) is 37.3 Å². The second kappa shape index (κ2) is 13.4. The smallest absolute Gasteiger partial charge is 0.268 e. The van der Waals surface area contributed by atoms with Crippen molar-refractivity contribution in [3.63, 3.8) is 0 Å². The van der Waals surface area contributed by atoms with E-state index in [2.05, 4.69) is 35.4 Å². The first-order chi connectivity index (χ1) is 17.8. The van der Waals surface area contributed by atoms with Crippen LogP contribution in [0.2, 0.25) is 0 Å². The molecule has 1 N–H and O–H groups in total. The lowest BCUT2D eigenvalue weighted by Crippen LogP contribution is -2.13. The molecule has 0 fully saturated rings. The number of benzene rings is 2. The zero-order valence-electron chi connectivity index (χ0n) is 21.8. The zero-order chi connectivity index (χ0) is 26.8. The minimum absolute atomic E-state index is 0.0569. The Morgan fingerprint density at radius 2 is 1.78 bits per heavy atom. The van der Waals surface area contributed by atoms with E-state index in [1.54, 1.807) is 18.2 Å². The Morgan fingerprint density at radius 1 is 1.05 bits per heavy atom. The van der Waals surface area contributed by atoms with Crippen molar-refractivity contribution in [2.75, 3.05) is 25.1 Å². The summed E-state index contributed by atoms with van der Waals surface area (Å²) in [5.41, 5.74) is 2.86. The number of ether oxygens (including phenoxy) is 3. The van der Waals surface area contributed by atoms with E-state index in [1.807, 2.05) is 39.0 Å². The predicted octanol–water partition coefficient (Wildman–Crippen LogP) is 5.76. The molecule has 1 heterocycles. The van der Waals surface area contributed by atoms with E-state index in [1.165, 1.54) is 17.4 Å². The van der Waals surface area contributed by atoms with Gasteiger partial charge < -0.3 is 14.2 Å². The van der Waals surface area contributed by atoms with Gasteiger partial charge in [0.25, 0.3) is 5.91 Å². The van der Waals surface area contributed by atoms with Crippen LogP contribution in [0.5, 0.6) is 17.2 Å². The van der Waals surface area contributed by atoms with Gasteiger partial charge in [0.1, 0.15) is 35.6 Å². The number of hydrogen-bond donors (Lipinski definition) is 1. The summed E-state index contributed by atoms with van der Waals surface area (Å²) in [7, 11) is 0. The molecule has 0 spiro atoms. The first-order valence-corrected chi connectivity index (χ1v) is 12.9. The Balaban J connectivity index is 1.65. The van der Waals surface area contributed by atoms with Crippen molar-refractivity contribution >= 4 is 28.5 Å². The van der Waals surface area contributed by atoms with Crippen LogP contribution in [0, 0.1) is 31.1 Å². The van der Waals surface area contributed by atoms with Gasteiger partial charge in [-0.05, 0) is 73.7 Å². The Hall–Kier alpha value is -3.90. The summed E-state index contributed by atoms with van der Waals surface area (Å²) in [6, 6.07) is 13.3. The van der Waals surface area contributed by atoms with E-state index < -0.39 is 5.91 Å². The number of nitrogens with one attached hydrogen (secondary N) is 1. The monoisotopic (exact) mass is 520 g/mol. The SMILES string of the molecule is CCOc1cc(/C=C(/C#N)C(=O)Nc2nnc(CC(C)C)s2)ccc1OCCOc1cc(C)cc(C)c1. The molecule has 3 rings (SSSR count). The van der Waals surface area contributed by atoms with Gasteiger partial charge in [0.05, 0.1) is 6.61 Å². The number of hydrogen-bond acceptors (Lipinski definition) is 8. The molecular formula is C28H32N4O4S. The second-order valence-electron chi connectivity index (χ2n) is 8.88. The number of nitriles is 1. The summed E-state index contributed by atoms with van der Waals surface area (Å²) in [6.07, 6.45) is 2.28. The van der Waals surface area contributed by atoms with E-state index in [-0.39, 0.29) is 5.57 Å². The standard InChI is InChI=1S/C28H32N4O4S/c1-6-34-25-16-21(7-8-24(25)36-10-9-35-23-13-19(4)12-20(5)14-23)15-22(17-29)27(33)30-28-32-31-26(37-28)11-18(2)3/h7-8,12-16,18H,6,9-11H2,1-5H3,(H,30,32,33)/b22-15-. The van der Waals surface area contributed by atoms with Crippen molar-refractivity contribution in [1.82, 2.24) is 10.2 Å². The van der Waals surface area contributed by atoms with Crippen LogP contribution >= 0.6 is 11.3 Å². The number of nitrogens with zero attached hydrogens (tertiary/aromatic N) is 3. The zero-order valence-corrected chi connectivity index (χ0v) is 22.6. The molecule has 1 aromatic heterocycles. The highest BCUT2D eigenvalue weighted by molar-refractivity contribution is 7.15. The Kier molecular flexibility index (Phi) is 10.0. The number of carbonyl (C=O) groups is 1. The molecule has 37 heavy (non-hydrogen) atoms. The van der Waals surface area contributed by atoms with Gasteiger partial charge >= 0.3 is 0 Å². The van der Waals surface area contributed by atoms with Crippen molar-refractivity contribution in [2.45, 2.75) is 41.0 Å². The molecule has 194 valence electrons. The molecule has 0 bridgehead atoms. The van der Waals surface area contributed by atoms with Crippen LogP contribution in [-0.4, -0.2) is 35.9 Å². The van der Waals surface area contributed by atoms with E-state index >= 15 is 0 Å². The third-order valence-corrected chi connectivity index (χ3v) is 5.88. The lowest BCUT2D eigenvalue weighted by Gasteiger charge is -2.13. The average molecular weight is 521 g/mol. The van der Waals surface area contributed by atoms with Crippen molar-refractivity contribution in [3.05, 3.63) is 63.7 Å². The third kappa shape index (κ3) is 8.62. The molecule has 0 radical (unpaired) electrons. The summed E-state index contributed by atoms with van der Waals surface area (Å²) in [4.78, 5) is 12.7. The second-order valence-corrected chi connectivity index (χ2v) is 9.94. The molecule has 0 unspecified atom stereocenters. The van der Waals surface area contributed by atoms with E-state index in [4.69, 9.17) is 14.2 Å². The van der Waals surface area contributed by atoms with Crippen LogP contribution in [0.1, 0.15) is 42.5 Å². The average Bonchev–Trinajstić information content (AvgIpc) is 3.26. The molecule has 0 saturated heterocycles. The van der Waals surface area contributed by atoms with Gasteiger partial charge in [0, 0.05) is 6.42 Å². The lowest BCUT2D eigenvalue weighted by molar-refractivity contribution is -0.112. The van der Waals surface area contributed by atoms with Gasteiger partial charge in [-0.15, -0.1) is 10.2 Å². The Labute approximate surface area is 221 Å². The Bertz CT molecular complexity index is 1270. The highest BCUT2D eigenvalue weighted by atomic mass is 32.1. The van der Waals surface area contributed by atoms with Crippen LogP contribution < -0.4 is 19.5 Å². The number of aryl methyl sites for hydroxylation is 2. The largest absolute Gasteiger partial charge is 0.490 e. The normalized spacial score (nSPS) is 11.2. The fourth-order valence-corrected chi connectivity index (χ4v) is 4.49. The van der Waals surface area contributed by atoms with Crippen molar-refractivity contribution in [3.8, 4) is 23.3 Å². The number of rotatable bonds is 12. The highest BCUT2D eigenvalue weighted by Crippen LogP contribution is 2.30. The van der Waals surface area contributed by atoms with E-state index in [0.717, 1.165) is 28.3 Å². The third-order valence-electron chi connectivity index (χ3n) is 5.02. The molecule has 9 heteroatoms.